The second-order valence-corrected chi connectivity index (χ2v) is 43.3. The predicted octanol–water partition coefficient (Wildman–Crippen LogP) is 5.88. The van der Waals surface area contributed by atoms with Crippen LogP contribution in [0.15, 0.2) is 0 Å². The SMILES string of the molecule is S=C(S[Te](SC(=S)N1CCCC1)(SC(=S)N1CCCC1)SC(=S)N1CCCC1)N1CCCC1. The Morgan fingerprint density at radius 2 is 0.576 bits per heavy atom. The summed E-state index contributed by atoms with van der Waals surface area (Å²) in [6.07, 6.45) is 9.88. The molecular weight excluding hydrogens is 680 g/mol. The molecule has 13 heteroatoms. The molecule has 0 saturated carbocycles. The molecule has 4 aliphatic heterocycles. The fourth-order valence-electron chi connectivity index (χ4n) is 4.26. The zero-order valence-corrected chi connectivity index (χ0v) is 27.6. The van der Waals surface area contributed by atoms with E-state index >= 15 is 0 Å². The first kappa shape index (κ1) is 27.8. The molecule has 4 rings (SSSR count). The second-order valence-electron chi connectivity index (χ2n) is 8.58. The van der Waals surface area contributed by atoms with Crippen molar-refractivity contribution in [2.45, 2.75) is 51.4 Å². The molecule has 4 nitrogen and oxygen atoms in total. The summed E-state index contributed by atoms with van der Waals surface area (Å²) >= 11 is 21.1. The van der Waals surface area contributed by atoms with Crippen LogP contribution in [0.3, 0.4) is 0 Å². The third-order valence-electron chi connectivity index (χ3n) is 6.15. The summed E-state index contributed by atoms with van der Waals surface area (Å²) in [5, 5.41) is 0. The molecule has 4 fully saturated rings. The van der Waals surface area contributed by atoms with Crippen molar-refractivity contribution < 1.29 is 0 Å². The molecule has 0 amide bonds. The topological polar surface area (TPSA) is 13.0 Å². The molecule has 0 aliphatic carbocycles. The van der Waals surface area contributed by atoms with Gasteiger partial charge in [-0.15, -0.1) is 0 Å². The van der Waals surface area contributed by atoms with Crippen LogP contribution in [-0.4, -0.2) is 102 Å². The van der Waals surface area contributed by atoms with E-state index < -0.39 is 12.7 Å². The quantitative estimate of drug-likeness (QED) is 0.256. The minimum atomic E-state index is -3.10. The van der Waals surface area contributed by atoms with E-state index in [1.165, 1.54) is 51.4 Å². The minimum absolute atomic E-state index is 1.04. The number of hydrogen-bond acceptors (Lipinski definition) is 8. The van der Waals surface area contributed by atoms with Gasteiger partial charge in [0.25, 0.3) is 0 Å². The van der Waals surface area contributed by atoms with Crippen molar-refractivity contribution >= 4 is 115 Å². The van der Waals surface area contributed by atoms with Gasteiger partial charge in [-0.3, -0.25) is 0 Å². The summed E-state index contributed by atoms with van der Waals surface area (Å²) in [6, 6.07) is 0. The van der Waals surface area contributed by atoms with Gasteiger partial charge in [-0.05, 0) is 0 Å². The summed E-state index contributed by atoms with van der Waals surface area (Å²) in [5.41, 5.74) is 0. The zero-order valence-electron chi connectivity index (χ0n) is 18.8. The van der Waals surface area contributed by atoms with Gasteiger partial charge in [-0.25, -0.2) is 0 Å². The van der Waals surface area contributed by atoms with E-state index in [1.807, 2.05) is 36.0 Å². The van der Waals surface area contributed by atoms with Gasteiger partial charge in [-0.2, -0.15) is 0 Å². The van der Waals surface area contributed by atoms with Crippen LogP contribution >= 0.6 is 84.8 Å². The molecule has 0 aromatic carbocycles. The van der Waals surface area contributed by atoms with Crippen molar-refractivity contribution in [1.29, 1.82) is 0 Å². The van der Waals surface area contributed by atoms with E-state index in [2.05, 4.69) is 19.6 Å². The van der Waals surface area contributed by atoms with Gasteiger partial charge >= 0.3 is 238 Å². The molecule has 0 unspecified atom stereocenters. The van der Waals surface area contributed by atoms with E-state index in [4.69, 9.17) is 48.9 Å². The zero-order chi connectivity index (χ0) is 23.3. The standard InChI is InChI=1S/C20H32N4S8Te/c25-17(21-9-1-2-10-21)29-33(30-18(26)22-11-3-4-12-22,31-19(27)23-13-5-6-14-23)32-20(28)24-15-7-8-16-24/h1-16H2. The van der Waals surface area contributed by atoms with E-state index in [0.29, 0.717) is 0 Å². The molecule has 0 radical (unpaired) electrons. The molecule has 0 N–H and O–H groups in total. The third-order valence-corrected chi connectivity index (χ3v) is 43.4. The summed E-state index contributed by atoms with van der Waals surface area (Å²) < 4.78 is 4.16. The average Bonchev–Trinajstić information content (AvgIpc) is 3.61. The second kappa shape index (κ2) is 13.5. The average molecular weight is 713 g/mol. The number of likely N-dealkylation sites (tertiary alicyclic amines) is 4. The molecule has 4 saturated heterocycles. The van der Waals surface area contributed by atoms with Crippen LogP contribution in [0.5, 0.6) is 0 Å². The molecule has 0 atom stereocenters. The summed E-state index contributed by atoms with van der Waals surface area (Å²) in [4.78, 5) is 9.61. The van der Waals surface area contributed by atoms with Crippen molar-refractivity contribution in [3.8, 4) is 0 Å². The molecule has 4 aliphatic rings. The first-order chi connectivity index (χ1) is 16.0. The van der Waals surface area contributed by atoms with Crippen molar-refractivity contribution in [2.75, 3.05) is 52.4 Å². The Morgan fingerprint density at radius 1 is 0.394 bits per heavy atom. The van der Waals surface area contributed by atoms with Crippen LogP contribution in [-0.2, 0) is 0 Å². The molecule has 186 valence electrons. The number of rotatable bonds is 4. The van der Waals surface area contributed by atoms with E-state index in [1.54, 1.807) is 0 Å². The van der Waals surface area contributed by atoms with Crippen molar-refractivity contribution in [3.05, 3.63) is 0 Å². The normalized spacial score (nSPS) is 21.8. The molecule has 0 aromatic heterocycles. The Labute approximate surface area is 235 Å². The van der Waals surface area contributed by atoms with E-state index in [-0.39, 0.29) is 0 Å². The first-order valence-corrected chi connectivity index (χ1v) is 27.7. The Kier molecular flexibility index (Phi) is 11.4. The van der Waals surface area contributed by atoms with Crippen LogP contribution in [0, 0.1) is 0 Å². The Bertz CT molecular complexity index is 619. The Balaban J connectivity index is 1.58. The molecule has 0 aromatic rings. The monoisotopic (exact) mass is 714 g/mol. The van der Waals surface area contributed by atoms with Crippen molar-refractivity contribution in [3.63, 3.8) is 0 Å². The molecule has 33 heavy (non-hydrogen) atoms. The Morgan fingerprint density at radius 3 is 0.758 bits per heavy atom. The predicted molar refractivity (Wildman–Crippen MR) is 170 cm³/mol. The van der Waals surface area contributed by atoms with Gasteiger partial charge in [0.2, 0.25) is 0 Å². The molecule has 0 spiro atoms. The number of thiocarbonyl (C=S) groups is 4. The van der Waals surface area contributed by atoms with Crippen LogP contribution in [0.4, 0.5) is 0 Å². The van der Waals surface area contributed by atoms with Gasteiger partial charge in [0.1, 0.15) is 0 Å². The van der Waals surface area contributed by atoms with E-state index in [9.17, 15) is 0 Å². The maximum atomic E-state index is 6.05. The summed E-state index contributed by atoms with van der Waals surface area (Å²) in [5.74, 6) is 0. The van der Waals surface area contributed by atoms with Crippen LogP contribution in [0.25, 0.3) is 0 Å². The van der Waals surface area contributed by atoms with Crippen molar-refractivity contribution in [1.82, 2.24) is 19.6 Å². The van der Waals surface area contributed by atoms with Crippen LogP contribution in [0.1, 0.15) is 51.4 Å². The van der Waals surface area contributed by atoms with Crippen molar-refractivity contribution in [2.24, 2.45) is 0 Å². The number of nitrogens with zero attached hydrogens (tertiary/aromatic N) is 4. The number of hydrogen-bond donors (Lipinski definition) is 0. The summed E-state index contributed by atoms with van der Waals surface area (Å²) in [7, 11) is 7.78. The van der Waals surface area contributed by atoms with Gasteiger partial charge in [0.15, 0.2) is 0 Å². The fourth-order valence-corrected chi connectivity index (χ4v) is 56.7. The molecule has 0 bridgehead atoms. The van der Waals surface area contributed by atoms with Gasteiger partial charge in [0.05, 0.1) is 0 Å². The van der Waals surface area contributed by atoms with Gasteiger partial charge in [-0.1, -0.05) is 0 Å². The fraction of sp³-hybridized carbons (Fsp3) is 0.800. The van der Waals surface area contributed by atoms with Gasteiger partial charge in [0, 0.05) is 0 Å². The van der Waals surface area contributed by atoms with Gasteiger partial charge < -0.3 is 0 Å². The van der Waals surface area contributed by atoms with E-state index in [0.717, 1.165) is 69.6 Å². The van der Waals surface area contributed by atoms with Crippen LogP contribution < -0.4 is 0 Å². The third kappa shape index (κ3) is 7.87. The molecular formula is C20H32N4S8Te. The molecule has 4 heterocycles. The van der Waals surface area contributed by atoms with Crippen LogP contribution in [0.2, 0.25) is 0 Å². The maximum absolute atomic E-state index is 6.05. The summed E-state index contributed by atoms with van der Waals surface area (Å²) in [6.45, 7) is 8.62. The first-order valence-electron chi connectivity index (χ1n) is 11.7. The Hall–Kier alpha value is 1.75.